The SMILES string of the molecule is CCCCCCCC(=O)c1c(C)[nH]c2ccccc12. The Morgan fingerprint density at radius 2 is 1.84 bits per heavy atom. The number of benzene rings is 1. The Balaban J connectivity index is 2.03. The number of aromatic nitrogens is 1. The van der Waals surface area contributed by atoms with E-state index in [1.165, 1.54) is 25.7 Å². The van der Waals surface area contributed by atoms with Crippen LogP contribution in [0.2, 0.25) is 0 Å². The molecule has 1 N–H and O–H groups in total. The first-order valence-electron chi connectivity index (χ1n) is 7.34. The smallest absolute Gasteiger partial charge is 0.165 e. The van der Waals surface area contributed by atoms with Crippen LogP contribution in [-0.4, -0.2) is 10.8 Å². The maximum Gasteiger partial charge on any atom is 0.165 e. The van der Waals surface area contributed by atoms with Gasteiger partial charge in [-0.3, -0.25) is 4.79 Å². The molecule has 0 amide bonds. The maximum absolute atomic E-state index is 12.4. The third-order valence-corrected chi connectivity index (χ3v) is 3.68. The van der Waals surface area contributed by atoms with Crippen molar-refractivity contribution < 1.29 is 4.79 Å². The van der Waals surface area contributed by atoms with Gasteiger partial charge in [0.05, 0.1) is 0 Å². The van der Waals surface area contributed by atoms with Crippen molar-refractivity contribution in [2.75, 3.05) is 0 Å². The molecule has 1 aromatic carbocycles. The second-order valence-corrected chi connectivity index (χ2v) is 5.26. The van der Waals surface area contributed by atoms with Crippen LogP contribution < -0.4 is 0 Å². The van der Waals surface area contributed by atoms with Gasteiger partial charge in [0.2, 0.25) is 0 Å². The molecule has 0 spiro atoms. The summed E-state index contributed by atoms with van der Waals surface area (Å²) in [5, 5.41) is 1.07. The second-order valence-electron chi connectivity index (χ2n) is 5.26. The highest BCUT2D eigenvalue weighted by Crippen LogP contribution is 2.23. The standard InChI is InChI=1S/C17H23NO/c1-3-4-5-6-7-12-16(19)17-13(2)18-15-11-9-8-10-14(15)17/h8-11,18H,3-7,12H2,1-2H3. The second kappa shape index (κ2) is 6.55. The van der Waals surface area contributed by atoms with E-state index in [0.29, 0.717) is 6.42 Å². The molecule has 2 heteroatoms. The van der Waals surface area contributed by atoms with Crippen LogP contribution in [-0.2, 0) is 0 Å². The van der Waals surface area contributed by atoms with Crippen LogP contribution in [0.15, 0.2) is 24.3 Å². The maximum atomic E-state index is 12.4. The summed E-state index contributed by atoms with van der Waals surface area (Å²) in [5.41, 5.74) is 2.96. The van der Waals surface area contributed by atoms with Crippen molar-refractivity contribution in [1.29, 1.82) is 0 Å². The summed E-state index contributed by atoms with van der Waals surface area (Å²) in [7, 11) is 0. The average molecular weight is 257 g/mol. The van der Waals surface area contributed by atoms with Gasteiger partial charge in [-0.05, 0) is 19.4 Å². The lowest BCUT2D eigenvalue weighted by atomic mass is 10.0. The van der Waals surface area contributed by atoms with Gasteiger partial charge in [0.25, 0.3) is 0 Å². The Morgan fingerprint density at radius 3 is 2.63 bits per heavy atom. The number of Topliss-reactive ketones (excluding diaryl/α,β-unsaturated/α-hetero) is 1. The van der Waals surface area contributed by atoms with Crippen molar-refractivity contribution in [2.45, 2.75) is 52.4 Å². The van der Waals surface area contributed by atoms with Gasteiger partial charge in [-0.2, -0.15) is 0 Å². The lowest BCUT2D eigenvalue weighted by Crippen LogP contribution is -2.00. The van der Waals surface area contributed by atoms with Crippen molar-refractivity contribution in [1.82, 2.24) is 4.98 Å². The highest BCUT2D eigenvalue weighted by atomic mass is 16.1. The normalized spacial score (nSPS) is 11.1. The molecular formula is C17H23NO. The Bertz CT molecular complexity index is 553. The quantitative estimate of drug-likeness (QED) is 0.548. The fourth-order valence-electron chi connectivity index (χ4n) is 2.65. The zero-order valence-corrected chi connectivity index (χ0v) is 12.0. The van der Waals surface area contributed by atoms with Crippen LogP contribution in [0.25, 0.3) is 10.9 Å². The fourth-order valence-corrected chi connectivity index (χ4v) is 2.65. The number of hydrogen-bond acceptors (Lipinski definition) is 1. The molecule has 0 bridgehead atoms. The number of aromatic amines is 1. The lowest BCUT2D eigenvalue weighted by molar-refractivity contribution is 0.0980. The summed E-state index contributed by atoms with van der Waals surface area (Å²) >= 11 is 0. The van der Waals surface area contributed by atoms with Crippen LogP contribution >= 0.6 is 0 Å². The summed E-state index contributed by atoms with van der Waals surface area (Å²) in [4.78, 5) is 15.7. The number of nitrogens with one attached hydrogen (secondary N) is 1. The molecule has 0 saturated heterocycles. The minimum Gasteiger partial charge on any atom is -0.358 e. The molecule has 0 aliphatic rings. The van der Waals surface area contributed by atoms with Gasteiger partial charge in [0, 0.05) is 28.6 Å². The summed E-state index contributed by atoms with van der Waals surface area (Å²) in [6.07, 6.45) is 6.62. The highest BCUT2D eigenvalue weighted by molar-refractivity contribution is 6.09. The Hall–Kier alpha value is -1.57. The van der Waals surface area contributed by atoms with E-state index >= 15 is 0 Å². The number of para-hydroxylation sites is 1. The predicted molar refractivity (Wildman–Crippen MR) is 80.7 cm³/mol. The third-order valence-electron chi connectivity index (χ3n) is 3.68. The van der Waals surface area contributed by atoms with E-state index in [4.69, 9.17) is 0 Å². The number of unbranched alkanes of at least 4 members (excludes halogenated alkanes) is 4. The Kier molecular flexibility index (Phi) is 4.78. The Morgan fingerprint density at radius 1 is 1.11 bits per heavy atom. The molecule has 0 saturated carbocycles. The first-order valence-corrected chi connectivity index (χ1v) is 7.34. The van der Waals surface area contributed by atoms with Gasteiger partial charge < -0.3 is 4.98 Å². The van der Waals surface area contributed by atoms with Crippen LogP contribution in [0, 0.1) is 6.92 Å². The van der Waals surface area contributed by atoms with Gasteiger partial charge in [0.15, 0.2) is 5.78 Å². The number of carbonyl (C=O) groups excluding carboxylic acids is 1. The van der Waals surface area contributed by atoms with E-state index in [1.807, 2.05) is 31.2 Å². The van der Waals surface area contributed by atoms with E-state index < -0.39 is 0 Å². The lowest BCUT2D eigenvalue weighted by Gasteiger charge is -2.02. The number of fused-ring (bicyclic) bond motifs is 1. The minimum absolute atomic E-state index is 0.284. The van der Waals surface area contributed by atoms with Gasteiger partial charge in [-0.25, -0.2) is 0 Å². The van der Waals surface area contributed by atoms with Crippen molar-refractivity contribution in [2.24, 2.45) is 0 Å². The number of aryl methyl sites for hydroxylation is 1. The van der Waals surface area contributed by atoms with Gasteiger partial charge in [0.1, 0.15) is 0 Å². The van der Waals surface area contributed by atoms with Gasteiger partial charge in [-0.1, -0.05) is 50.8 Å². The molecule has 0 aliphatic carbocycles. The van der Waals surface area contributed by atoms with Gasteiger partial charge >= 0.3 is 0 Å². The molecule has 0 unspecified atom stereocenters. The largest absolute Gasteiger partial charge is 0.358 e. The number of H-pyrrole nitrogens is 1. The van der Waals surface area contributed by atoms with Crippen molar-refractivity contribution in [3.63, 3.8) is 0 Å². The van der Waals surface area contributed by atoms with Crippen molar-refractivity contribution in [3.05, 3.63) is 35.5 Å². The number of carbonyl (C=O) groups is 1. The highest BCUT2D eigenvalue weighted by Gasteiger charge is 2.14. The van der Waals surface area contributed by atoms with Crippen LogP contribution in [0.3, 0.4) is 0 Å². The molecule has 2 rings (SSSR count). The minimum atomic E-state index is 0.284. The summed E-state index contributed by atoms with van der Waals surface area (Å²) < 4.78 is 0. The van der Waals surface area contributed by atoms with E-state index in [0.717, 1.165) is 28.6 Å². The summed E-state index contributed by atoms with van der Waals surface area (Å²) in [5.74, 6) is 0.284. The molecule has 2 nitrogen and oxygen atoms in total. The summed E-state index contributed by atoms with van der Waals surface area (Å²) in [6, 6.07) is 8.05. The van der Waals surface area contributed by atoms with Crippen LogP contribution in [0.5, 0.6) is 0 Å². The van der Waals surface area contributed by atoms with E-state index in [-0.39, 0.29) is 5.78 Å². The van der Waals surface area contributed by atoms with Crippen LogP contribution in [0.4, 0.5) is 0 Å². The molecular weight excluding hydrogens is 234 g/mol. The van der Waals surface area contributed by atoms with Crippen molar-refractivity contribution in [3.8, 4) is 0 Å². The molecule has 19 heavy (non-hydrogen) atoms. The van der Waals surface area contributed by atoms with Crippen molar-refractivity contribution >= 4 is 16.7 Å². The first-order chi connectivity index (χ1) is 9.24. The zero-order chi connectivity index (χ0) is 13.7. The van der Waals surface area contributed by atoms with E-state index in [1.54, 1.807) is 0 Å². The van der Waals surface area contributed by atoms with Gasteiger partial charge in [-0.15, -0.1) is 0 Å². The third kappa shape index (κ3) is 3.25. The fraction of sp³-hybridized carbons (Fsp3) is 0.471. The van der Waals surface area contributed by atoms with E-state index in [9.17, 15) is 4.79 Å². The predicted octanol–water partition coefficient (Wildman–Crippen LogP) is 5.02. The molecule has 2 aromatic rings. The molecule has 0 aliphatic heterocycles. The molecule has 0 atom stereocenters. The monoisotopic (exact) mass is 257 g/mol. The molecule has 1 aromatic heterocycles. The van der Waals surface area contributed by atoms with E-state index in [2.05, 4.69) is 11.9 Å². The van der Waals surface area contributed by atoms with Crippen LogP contribution in [0.1, 0.15) is 61.5 Å². The topological polar surface area (TPSA) is 32.9 Å². The molecule has 0 radical (unpaired) electrons. The molecule has 0 fully saturated rings. The number of hydrogen-bond donors (Lipinski definition) is 1. The molecule has 1 heterocycles. The molecule has 102 valence electrons. The zero-order valence-electron chi connectivity index (χ0n) is 12.0. The number of ketones is 1. The first kappa shape index (κ1) is 13.9. The summed E-state index contributed by atoms with van der Waals surface area (Å²) in [6.45, 7) is 4.20. The average Bonchev–Trinajstić information content (AvgIpc) is 2.74. The number of rotatable bonds is 7. The Labute approximate surface area is 115 Å².